The summed E-state index contributed by atoms with van der Waals surface area (Å²) in [6.07, 6.45) is 0. The van der Waals surface area contributed by atoms with Crippen molar-refractivity contribution in [2.24, 2.45) is 0 Å². The summed E-state index contributed by atoms with van der Waals surface area (Å²) >= 11 is 0. The number of ether oxygens (including phenoxy) is 2. The van der Waals surface area contributed by atoms with Crippen LogP contribution in [0.5, 0.6) is 11.5 Å². The van der Waals surface area contributed by atoms with E-state index < -0.39 is 21.7 Å². The quantitative estimate of drug-likeness (QED) is 0.730. The van der Waals surface area contributed by atoms with Crippen molar-refractivity contribution in [3.05, 3.63) is 53.6 Å². The molecule has 1 heterocycles. The molecule has 1 aliphatic rings. The van der Waals surface area contributed by atoms with Gasteiger partial charge in [-0.25, -0.2) is 17.2 Å². The maximum absolute atomic E-state index is 13.4. The van der Waals surface area contributed by atoms with Gasteiger partial charge in [0.2, 0.25) is 10.0 Å². The van der Waals surface area contributed by atoms with Crippen LogP contribution in [-0.2, 0) is 16.6 Å². The van der Waals surface area contributed by atoms with E-state index >= 15 is 0 Å². The van der Waals surface area contributed by atoms with Crippen LogP contribution < -0.4 is 9.47 Å². The van der Waals surface area contributed by atoms with Crippen LogP contribution in [0.2, 0.25) is 0 Å². The van der Waals surface area contributed by atoms with Crippen molar-refractivity contribution in [3.63, 3.8) is 0 Å². The zero-order valence-electron chi connectivity index (χ0n) is 15.7. The minimum absolute atomic E-state index is 0.229. The Balaban J connectivity index is 1.69. The third-order valence-corrected chi connectivity index (χ3v) is 6.56. The molecule has 9 heteroatoms. The molecular weight excluding hydrogens is 390 g/mol. The van der Waals surface area contributed by atoms with E-state index in [9.17, 15) is 17.2 Å². The molecule has 0 amide bonds. The fourth-order valence-electron chi connectivity index (χ4n) is 3.20. The second kappa shape index (κ2) is 8.42. The van der Waals surface area contributed by atoms with Gasteiger partial charge in [-0.15, -0.1) is 0 Å². The molecular formula is C19H22F2N2O4S. The molecule has 2 aromatic rings. The first-order chi connectivity index (χ1) is 13.3. The summed E-state index contributed by atoms with van der Waals surface area (Å²) in [5.41, 5.74) is 0.936. The van der Waals surface area contributed by atoms with Crippen molar-refractivity contribution < 1.29 is 26.7 Å². The zero-order valence-corrected chi connectivity index (χ0v) is 16.5. The summed E-state index contributed by atoms with van der Waals surface area (Å²) in [4.78, 5) is 1.73. The number of nitrogens with zero attached hydrogens (tertiary/aromatic N) is 2. The molecule has 0 bridgehead atoms. The molecule has 0 aliphatic carbocycles. The molecule has 6 nitrogen and oxygen atoms in total. The lowest BCUT2D eigenvalue weighted by atomic mass is 10.1. The van der Waals surface area contributed by atoms with Gasteiger partial charge in [-0.2, -0.15) is 4.31 Å². The van der Waals surface area contributed by atoms with E-state index in [1.54, 1.807) is 14.2 Å². The van der Waals surface area contributed by atoms with E-state index in [0.717, 1.165) is 23.4 Å². The minimum atomic E-state index is -3.94. The molecule has 3 rings (SSSR count). The van der Waals surface area contributed by atoms with Crippen molar-refractivity contribution >= 4 is 10.0 Å². The number of rotatable bonds is 6. The molecule has 0 aromatic heterocycles. The van der Waals surface area contributed by atoms with Crippen molar-refractivity contribution in [1.29, 1.82) is 0 Å². The van der Waals surface area contributed by atoms with Crippen molar-refractivity contribution in [2.45, 2.75) is 11.4 Å². The first kappa shape index (κ1) is 20.5. The normalized spacial score (nSPS) is 16.1. The van der Waals surface area contributed by atoms with Crippen LogP contribution in [0.4, 0.5) is 8.78 Å². The van der Waals surface area contributed by atoms with E-state index in [0.29, 0.717) is 31.5 Å². The van der Waals surface area contributed by atoms with Crippen LogP contribution in [0.15, 0.2) is 41.3 Å². The van der Waals surface area contributed by atoms with Gasteiger partial charge in [0, 0.05) is 44.4 Å². The van der Waals surface area contributed by atoms with Gasteiger partial charge in [0.1, 0.15) is 23.1 Å². The fourth-order valence-corrected chi connectivity index (χ4v) is 4.67. The van der Waals surface area contributed by atoms with Gasteiger partial charge in [-0.05, 0) is 30.3 Å². The second-order valence-electron chi connectivity index (χ2n) is 6.46. The predicted octanol–water partition coefficient (Wildman–Crippen LogP) is 2.49. The summed E-state index contributed by atoms with van der Waals surface area (Å²) in [5, 5.41) is 0. The molecule has 0 radical (unpaired) electrons. The van der Waals surface area contributed by atoms with E-state index in [4.69, 9.17) is 9.47 Å². The average molecular weight is 412 g/mol. The molecule has 0 spiro atoms. The van der Waals surface area contributed by atoms with E-state index in [1.807, 2.05) is 18.2 Å². The lowest BCUT2D eigenvalue weighted by molar-refractivity contribution is 0.180. The Hall–Kier alpha value is -2.23. The van der Waals surface area contributed by atoms with Crippen LogP contribution in [0.3, 0.4) is 0 Å². The highest BCUT2D eigenvalue weighted by Crippen LogP contribution is 2.26. The van der Waals surface area contributed by atoms with Crippen LogP contribution >= 0.6 is 0 Å². The van der Waals surface area contributed by atoms with Crippen molar-refractivity contribution in [3.8, 4) is 11.5 Å². The number of piperazine rings is 1. The molecule has 2 aromatic carbocycles. The van der Waals surface area contributed by atoms with E-state index in [1.165, 1.54) is 4.31 Å². The predicted molar refractivity (Wildman–Crippen MR) is 99.9 cm³/mol. The van der Waals surface area contributed by atoms with Gasteiger partial charge in [-0.1, -0.05) is 0 Å². The van der Waals surface area contributed by atoms with Crippen LogP contribution in [0.25, 0.3) is 0 Å². The summed E-state index contributed by atoms with van der Waals surface area (Å²) in [5.74, 6) is -0.388. The summed E-state index contributed by atoms with van der Waals surface area (Å²) in [6.45, 7) is 2.00. The Morgan fingerprint density at radius 1 is 0.929 bits per heavy atom. The van der Waals surface area contributed by atoms with Gasteiger partial charge in [0.05, 0.1) is 19.1 Å². The number of methoxy groups -OCH3 is 2. The van der Waals surface area contributed by atoms with E-state index in [-0.39, 0.29) is 18.0 Å². The van der Waals surface area contributed by atoms with Crippen LogP contribution in [0, 0.1) is 11.6 Å². The highest BCUT2D eigenvalue weighted by atomic mass is 32.2. The summed E-state index contributed by atoms with van der Waals surface area (Å²) < 4.78 is 64.1. The number of halogens is 2. The number of hydrogen-bond donors (Lipinski definition) is 0. The van der Waals surface area contributed by atoms with Crippen molar-refractivity contribution in [2.75, 3.05) is 40.4 Å². The molecule has 28 heavy (non-hydrogen) atoms. The SMILES string of the molecule is COc1ccc(OC)c(CN2CCN(S(=O)(=O)c3cc(F)cc(F)c3)CC2)c1. The maximum atomic E-state index is 13.4. The Bertz CT molecular complexity index is 925. The Morgan fingerprint density at radius 2 is 1.57 bits per heavy atom. The highest BCUT2D eigenvalue weighted by molar-refractivity contribution is 7.89. The number of benzene rings is 2. The van der Waals surface area contributed by atoms with Gasteiger partial charge in [-0.3, -0.25) is 4.90 Å². The van der Waals surface area contributed by atoms with Gasteiger partial charge < -0.3 is 9.47 Å². The summed E-state index contributed by atoms with van der Waals surface area (Å²) in [6, 6.07) is 7.85. The monoisotopic (exact) mass is 412 g/mol. The molecule has 1 saturated heterocycles. The van der Waals surface area contributed by atoms with Gasteiger partial charge in [0.15, 0.2) is 0 Å². The van der Waals surface area contributed by atoms with Gasteiger partial charge >= 0.3 is 0 Å². The number of sulfonamides is 1. The van der Waals surface area contributed by atoms with E-state index in [2.05, 4.69) is 4.90 Å². The second-order valence-corrected chi connectivity index (χ2v) is 8.40. The molecule has 0 atom stereocenters. The molecule has 152 valence electrons. The third-order valence-electron chi connectivity index (χ3n) is 4.69. The lowest BCUT2D eigenvalue weighted by Gasteiger charge is -2.34. The Labute approximate surface area is 163 Å². The zero-order chi connectivity index (χ0) is 20.3. The van der Waals surface area contributed by atoms with Crippen LogP contribution in [0.1, 0.15) is 5.56 Å². The largest absolute Gasteiger partial charge is 0.497 e. The van der Waals surface area contributed by atoms with Crippen LogP contribution in [-0.4, -0.2) is 58.0 Å². The average Bonchev–Trinajstić information content (AvgIpc) is 2.67. The summed E-state index contributed by atoms with van der Waals surface area (Å²) in [7, 11) is -0.766. The fraction of sp³-hybridized carbons (Fsp3) is 0.368. The molecule has 1 fully saturated rings. The minimum Gasteiger partial charge on any atom is -0.497 e. The third kappa shape index (κ3) is 4.43. The first-order valence-electron chi connectivity index (χ1n) is 8.73. The maximum Gasteiger partial charge on any atom is 0.243 e. The molecule has 1 aliphatic heterocycles. The first-order valence-corrected chi connectivity index (χ1v) is 10.2. The van der Waals surface area contributed by atoms with Crippen molar-refractivity contribution in [1.82, 2.24) is 9.21 Å². The molecule has 0 saturated carbocycles. The standard InChI is InChI=1S/C19H22F2N2O4S/c1-26-17-3-4-19(27-2)14(9-17)13-22-5-7-23(8-6-22)28(24,25)18-11-15(20)10-16(21)12-18/h3-4,9-12H,5-8,13H2,1-2H3. The molecule has 0 unspecified atom stereocenters. The van der Waals surface area contributed by atoms with Gasteiger partial charge in [0.25, 0.3) is 0 Å². The Kier molecular flexibility index (Phi) is 6.17. The Morgan fingerprint density at radius 3 is 2.14 bits per heavy atom. The lowest BCUT2D eigenvalue weighted by Crippen LogP contribution is -2.48. The number of hydrogen-bond acceptors (Lipinski definition) is 5. The molecule has 0 N–H and O–H groups in total. The topological polar surface area (TPSA) is 59.1 Å². The smallest absolute Gasteiger partial charge is 0.243 e. The highest BCUT2D eigenvalue weighted by Gasteiger charge is 2.29.